The summed E-state index contributed by atoms with van der Waals surface area (Å²) in [4.78, 5) is 8.25. The van der Waals surface area contributed by atoms with Crippen LogP contribution in [0.4, 0.5) is 5.82 Å². The van der Waals surface area contributed by atoms with Gasteiger partial charge in [0, 0.05) is 12.4 Å². The van der Waals surface area contributed by atoms with E-state index in [-0.39, 0.29) is 0 Å². The minimum atomic E-state index is 0.573. The SMILES string of the molecule is CCC(C=Nc1cc(C)c(C#N)cn1)=CN. The van der Waals surface area contributed by atoms with Crippen LogP contribution in [0.3, 0.4) is 0 Å². The number of nitriles is 1. The van der Waals surface area contributed by atoms with E-state index in [1.807, 2.05) is 13.8 Å². The van der Waals surface area contributed by atoms with E-state index in [1.54, 1.807) is 12.3 Å². The average molecular weight is 214 g/mol. The molecule has 1 aromatic rings. The maximum absolute atomic E-state index is 8.75. The van der Waals surface area contributed by atoms with Crippen LogP contribution in [0.5, 0.6) is 0 Å². The van der Waals surface area contributed by atoms with E-state index in [4.69, 9.17) is 11.0 Å². The maximum Gasteiger partial charge on any atom is 0.152 e. The first-order chi connectivity index (χ1) is 7.71. The van der Waals surface area contributed by atoms with Gasteiger partial charge in [-0.3, -0.25) is 0 Å². The minimum absolute atomic E-state index is 0.573. The quantitative estimate of drug-likeness (QED) is 0.784. The lowest BCUT2D eigenvalue weighted by Gasteiger charge is -1.98. The summed E-state index contributed by atoms with van der Waals surface area (Å²) in [5.41, 5.74) is 7.80. The summed E-state index contributed by atoms with van der Waals surface area (Å²) >= 11 is 0. The number of rotatable bonds is 3. The molecule has 0 atom stereocenters. The lowest BCUT2D eigenvalue weighted by molar-refractivity contribution is 1.16. The Bertz CT molecular complexity index is 466. The van der Waals surface area contributed by atoms with Crippen molar-refractivity contribution in [3.63, 3.8) is 0 Å². The summed E-state index contributed by atoms with van der Waals surface area (Å²) in [6, 6.07) is 3.84. The van der Waals surface area contributed by atoms with Gasteiger partial charge in [0.2, 0.25) is 0 Å². The third kappa shape index (κ3) is 2.92. The third-order valence-corrected chi connectivity index (χ3v) is 2.20. The number of aryl methyl sites for hydroxylation is 1. The normalized spacial score (nSPS) is 11.7. The van der Waals surface area contributed by atoms with Crippen molar-refractivity contribution in [2.45, 2.75) is 20.3 Å². The van der Waals surface area contributed by atoms with Gasteiger partial charge in [-0.05, 0) is 36.7 Å². The number of aliphatic imine (C=N–C) groups is 1. The van der Waals surface area contributed by atoms with Gasteiger partial charge in [0.25, 0.3) is 0 Å². The molecule has 0 saturated carbocycles. The summed E-state index contributed by atoms with van der Waals surface area (Å²) in [7, 11) is 0. The van der Waals surface area contributed by atoms with Crippen molar-refractivity contribution in [3.05, 3.63) is 35.2 Å². The molecule has 4 nitrogen and oxygen atoms in total. The van der Waals surface area contributed by atoms with Crippen LogP contribution < -0.4 is 5.73 Å². The van der Waals surface area contributed by atoms with Crippen LogP contribution in [0, 0.1) is 18.3 Å². The summed E-state index contributed by atoms with van der Waals surface area (Å²) in [5, 5.41) is 8.75. The molecule has 82 valence electrons. The Balaban J connectivity index is 2.92. The van der Waals surface area contributed by atoms with Crippen molar-refractivity contribution in [1.29, 1.82) is 5.26 Å². The molecule has 1 rings (SSSR count). The molecule has 1 aromatic heterocycles. The number of nitrogens with zero attached hydrogens (tertiary/aromatic N) is 3. The van der Waals surface area contributed by atoms with E-state index >= 15 is 0 Å². The predicted molar refractivity (Wildman–Crippen MR) is 64.4 cm³/mol. The smallest absolute Gasteiger partial charge is 0.152 e. The lowest BCUT2D eigenvalue weighted by Crippen LogP contribution is -1.90. The first kappa shape index (κ1) is 11.9. The van der Waals surface area contributed by atoms with Gasteiger partial charge < -0.3 is 5.73 Å². The Labute approximate surface area is 95.1 Å². The molecule has 0 fully saturated rings. The molecule has 0 aliphatic carbocycles. The number of pyridine rings is 1. The van der Waals surface area contributed by atoms with Gasteiger partial charge in [-0.15, -0.1) is 0 Å². The van der Waals surface area contributed by atoms with E-state index in [0.29, 0.717) is 11.4 Å². The Morgan fingerprint density at radius 2 is 2.44 bits per heavy atom. The Morgan fingerprint density at radius 1 is 1.69 bits per heavy atom. The molecule has 0 bridgehead atoms. The summed E-state index contributed by atoms with van der Waals surface area (Å²) in [6.45, 7) is 3.86. The van der Waals surface area contributed by atoms with Crippen molar-refractivity contribution in [2.75, 3.05) is 0 Å². The average Bonchev–Trinajstić information content (AvgIpc) is 2.30. The van der Waals surface area contributed by atoms with Crippen LogP contribution in [0.1, 0.15) is 24.5 Å². The van der Waals surface area contributed by atoms with E-state index < -0.39 is 0 Å². The topological polar surface area (TPSA) is 75.1 Å². The number of allylic oxidation sites excluding steroid dienone is 1. The van der Waals surface area contributed by atoms with Crippen LogP contribution in [0.2, 0.25) is 0 Å². The van der Waals surface area contributed by atoms with Crippen molar-refractivity contribution < 1.29 is 0 Å². The highest BCUT2D eigenvalue weighted by Crippen LogP contribution is 2.13. The van der Waals surface area contributed by atoms with Gasteiger partial charge in [0.05, 0.1) is 5.56 Å². The first-order valence-corrected chi connectivity index (χ1v) is 5.02. The molecule has 0 saturated heterocycles. The van der Waals surface area contributed by atoms with Crippen molar-refractivity contribution in [2.24, 2.45) is 10.7 Å². The maximum atomic E-state index is 8.75. The van der Waals surface area contributed by atoms with Gasteiger partial charge in [0.15, 0.2) is 5.82 Å². The van der Waals surface area contributed by atoms with E-state index in [0.717, 1.165) is 17.6 Å². The number of hydrogen-bond acceptors (Lipinski definition) is 4. The van der Waals surface area contributed by atoms with Crippen LogP contribution in [0.25, 0.3) is 0 Å². The van der Waals surface area contributed by atoms with Gasteiger partial charge in [0.1, 0.15) is 6.07 Å². The fraction of sp³-hybridized carbons (Fsp3) is 0.250. The largest absolute Gasteiger partial charge is 0.404 e. The minimum Gasteiger partial charge on any atom is -0.404 e. The molecular formula is C12H14N4. The zero-order valence-corrected chi connectivity index (χ0v) is 9.44. The second kappa shape index (κ2) is 5.66. The van der Waals surface area contributed by atoms with Crippen LogP contribution in [0.15, 0.2) is 29.0 Å². The standard InChI is InChI=1S/C12H14N4/c1-3-10(5-13)7-15-12-4-9(2)11(6-14)8-16-12/h4-5,7-8H,3,13H2,1-2H3. The van der Waals surface area contributed by atoms with E-state index in [9.17, 15) is 0 Å². The third-order valence-electron chi connectivity index (χ3n) is 2.20. The van der Waals surface area contributed by atoms with Crippen molar-refractivity contribution >= 4 is 12.0 Å². The summed E-state index contributed by atoms with van der Waals surface area (Å²) in [6.07, 6.45) is 5.57. The number of aromatic nitrogens is 1. The second-order valence-corrected chi connectivity index (χ2v) is 3.32. The van der Waals surface area contributed by atoms with E-state index in [2.05, 4.69) is 16.0 Å². The summed E-state index contributed by atoms with van der Waals surface area (Å²) < 4.78 is 0. The molecule has 0 spiro atoms. The van der Waals surface area contributed by atoms with E-state index in [1.165, 1.54) is 12.4 Å². The molecule has 0 unspecified atom stereocenters. The van der Waals surface area contributed by atoms with Crippen molar-refractivity contribution in [1.82, 2.24) is 4.98 Å². The number of nitrogens with two attached hydrogens (primary N) is 1. The molecule has 4 heteroatoms. The predicted octanol–water partition coefficient (Wildman–Crippen LogP) is 2.22. The van der Waals surface area contributed by atoms with Crippen LogP contribution in [-0.4, -0.2) is 11.2 Å². The van der Waals surface area contributed by atoms with Crippen LogP contribution in [-0.2, 0) is 0 Å². The fourth-order valence-corrected chi connectivity index (χ4v) is 1.13. The van der Waals surface area contributed by atoms with Gasteiger partial charge in [-0.1, -0.05) is 6.92 Å². The zero-order chi connectivity index (χ0) is 12.0. The molecule has 2 N–H and O–H groups in total. The molecule has 0 aliphatic rings. The highest BCUT2D eigenvalue weighted by Gasteiger charge is 1.98. The monoisotopic (exact) mass is 214 g/mol. The van der Waals surface area contributed by atoms with Crippen LogP contribution >= 0.6 is 0 Å². The molecule has 0 amide bonds. The highest BCUT2D eigenvalue weighted by atomic mass is 14.9. The Hall–Kier alpha value is -2.15. The molecule has 1 heterocycles. The lowest BCUT2D eigenvalue weighted by atomic mass is 10.2. The second-order valence-electron chi connectivity index (χ2n) is 3.32. The molecule has 0 aromatic carbocycles. The molecular weight excluding hydrogens is 200 g/mol. The zero-order valence-electron chi connectivity index (χ0n) is 9.44. The number of hydrogen-bond donors (Lipinski definition) is 1. The molecule has 16 heavy (non-hydrogen) atoms. The summed E-state index contributed by atoms with van der Waals surface area (Å²) in [5.74, 6) is 0.587. The van der Waals surface area contributed by atoms with Crippen molar-refractivity contribution in [3.8, 4) is 6.07 Å². The van der Waals surface area contributed by atoms with Gasteiger partial charge in [-0.25, -0.2) is 9.98 Å². The first-order valence-electron chi connectivity index (χ1n) is 5.02. The highest BCUT2D eigenvalue weighted by molar-refractivity contribution is 5.80. The Morgan fingerprint density at radius 3 is 2.94 bits per heavy atom. The van der Waals surface area contributed by atoms with Gasteiger partial charge in [-0.2, -0.15) is 5.26 Å². The molecule has 0 aliphatic heterocycles. The fourth-order valence-electron chi connectivity index (χ4n) is 1.13. The van der Waals surface area contributed by atoms with Gasteiger partial charge >= 0.3 is 0 Å². The molecule has 0 radical (unpaired) electrons. The Kier molecular flexibility index (Phi) is 4.22.